The predicted molar refractivity (Wildman–Crippen MR) is 91.0 cm³/mol. The van der Waals surface area contributed by atoms with Gasteiger partial charge in [-0.15, -0.1) is 34.9 Å². The lowest BCUT2D eigenvalue weighted by molar-refractivity contribution is 0.103. The van der Waals surface area contributed by atoms with E-state index in [9.17, 15) is 4.79 Å². The Morgan fingerprint density at radius 2 is 2.00 bits per heavy atom. The van der Waals surface area contributed by atoms with Gasteiger partial charge in [0.25, 0.3) is 5.91 Å². The fraction of sp³-hybridized carbons (Fsp3) is 0.267. The SMILES string of the molecule is O=C(Nc1cccc(C2SCCCS2)c1)c1cccs1. The average molecular weight is 321 g/mol. The highest BCUT2D eigenvalue weighted by Gasteiger charge is 2.17. The number of thiophene rings is 1. The van der Waals surface area contributed by atoms with E-state index in [0.29, 0.717) is 4.58 Å². The van der Waals surface area contributed by atoms with Gasteiger partial charge >= 0.3 is 0 Å². The molecule has 3 rings (SSSR count). The van der Waals surface area contributed by atoms with Crippen LogP contribution in [0.1, 0.15) is 26.2 Å². The molecule has 2 aromatic rings. The molecular weight excluding hydrogens is 306 g/mol. The van der Waals surface area contributed by atoms with Gasteiger partial charge in [-0.3, -0.25) is 4.79 Å². The first kappa shape index (κ1) is 14.0. The lowest BCUT2D eigenvalue weighted by atomic mass is 10.2. The van der Waals surface area contributed by atoms with Gasteiger partial charge in [-0.25, -0.2) is 0 Å². The minimum atomic E-state index is -0.0268. The predicted octanol–water partition coefficient (Wildman–Crippen LogP) is 4.87. The number of thioether (sulfide) groups is 2. The van der Waals surface area contributed by atoms with Gasteiger partial charge < -0.3 is 5.32 Å². The van der Waals surface area contributed by atoms with Crippen LogP contribution in [0.3, 0.4) is 0 Å². The summed E-state index contributed by atoms with van der Waals surface area (Å²) in [5.74, 6) is 2.42. The average Bonchev–Trinajstić information content (AvgIpc) is 3.03. The van der Waals surface area contributed by atoms with Crippen molar-refractivity contribution in [3.8, 4) is 0 Å². The van der Waals surface area contributed by atoms with E-state index in [0.717, 1.165) is 10.6 Å². The van der Waals surface area contributed by atoms with Gasteiger partial charge in [-0.2, -0.15) is 0 Å². The first-order valence-electron chi connectivity index (χ1n) is 6.51. The van der Waals surface area contributed by atoms with Crippen molar-refractivity contribution in [3.05, 3.63) is 52.2 Å². The van der Waals surface area contributed by atoms with Crippen molar-refractivity contribution in [1.82, 2.24) is 0 Å². The molecule has 104 valence electrons. The van der Waals surface area contributed by atoms with Gasteiger partial charge in [-0.1, -0.05) is 18.2 Å². The largest absolute Gasteiger partial charge is 0.321 e. The van der Waals surface area contributed by atoms with Crippen molar-refractivity contribution in [2.75, 3.05) is 16.8 Å². The molecule has 1 aromatic heterocycles. The van der Waals surface area contributed by atoms with Crippen molar-refractivity contribution in [2.24, 2.45) is 0 Å². The van der Waals surface area contributed by atoms with Crippen LogP contribution >= 0.6 is 34.9 Å². The summed E-state index contributed by atoms with van der Waals surface area (Å²) in [7, 11) is 0. The Bertz CT molecular complexity index is 577. The topological polar surface area (TPSA) is 29.1 Å². The monoisotopic (exact) mass is 321 g/mol. The molecule has 1 aliphatic heterocycles. The van der Waals surface area contributed by atoms with Crippen LogP contribution in [0.4, 0.5) is 5.69 Å². The zero-order valence-electron chi connectivity index (χ0n) is 10.9. The second-order valence-electron chi connectivity index (χ2n) is 4.48. The first-order valence-corrected chi connectivity index (χ1v) is 9.49. The third-order valence-corrected chi connectivity index (χ3v) is 6.87. The number of carbonyl (C=O) groups is 1. The summed E-state index contributed by atoms with van der Waals surface area (Å²) in [6.45, 7) is 0. The van der Waals surface area contributed by atoms with Crippen LogP contribution in [0.25, 0.3) is 0 Å². The zero-order valence-corrected chi connectivity index (χ0v) is 13.3. The Labute approximate surface area is 131 Å². The minimum Gasteiger partial charge on any atom is -0.321 e. The highest BCUT2D eigenvalue weighted by atomic mass is 32.2. The quantitative estimate of drug-likeness (QED) is 0.874. The van der Waals surface area contributed by atoms with Crippen molar-refractivity contribution in [3.63, 3.8) is 0 Å². The smallest absolute Gasteiger partial charge is 0.265 e. The van der Waals surface area contributed by atoms with Crippen molar-refractivity contribution in [1.29, 1.82) is 0 Å². The molecule has 1 N–H and O–H groups in total. The number of rotatable bonds is 3. The molecule has 0 radical (unpaired) electrons. The van der Waals surface area contributed by atoms with Crippen molar-refractivity contribution < 1.29 is 4.79 Å². The summed E-state index contributed by atoms with van der Waals surface area (Å²) in [6, 6.07) is 12.0. The van der Waals surface area contributed by atoms with Gasteiger partial charge in [0.05, 0.1) is 9.46 Å². The molecule has 0 unspecified atom stereocenters. The third-order valence-electron chi connectivity index (χ3n) is 2.99. The number of amides is 1. The van der Waals surface area contributed by atoms with Gasteiger partial charge in [0.1, 0.15) is 0 Å². The maximum absolute atomic E-state index is 12.1. The van der Waals surface area contributed by atoms with E-state index in [1.807, 2.05) is 53.2 Å². The number of benzene rings is 1. The molecule has 0 aliphatic carbocycles. The first-order chi connectivity index (χ1) is 9.83. The van der Waals surface area contributed by atoms with E-state index in [-0.39, 0.29) is 5.91 Å². The molecule has 0 saturated carbocycles. The second kappa shape index (κ2) is 6.70. The molecule has 0 bridgehead atoms. The Morgan fingerprint density at radius 1 is 1.15 bits per heavy atom. The number of carbonyl (C=O) groups excluding carboxylic acids is 1. The molecule has 20 heavy (non-hydrogen) atoms. The summed E-state index contributed by atoms with van der Waals surface area (Å²) in [5.41, 5.74) is 2.18. The number of hydrogen-bond acceptors (Lipinski definition) is 4. The summed E-state index contributed by atoms with van der Waals surface area (Å²) in [5, 5.41) is 4.89. The fourth-order valence-corrected chi connectivity index (χ4v) is 5.54. The van der Waals surface area contributed by atoms with E-state index in [4.69, 9.17) is 0 Å². The Hall–Kier alpha value is -0.910. The maximum Gasteiger partial charge on any atom is 0.265 e. The molecule has 1 amide bonds. The molecule has 1 fully saturated rings. The van der Waals surface area contributed by atoms with E-state index < -0.39 is 0 Å². The molecule has 1 saturated heterocycles. The summed E-state index contributed by atoms with van der Waals surface area (Å²) in [4.78, 5) is 12.8. The number of hydrogen-bond donors (Lipinski definition) is 1. The molecule has 0 atom stereocenters. The highest BCUT2D eigenvalue weighted by Crippen LogP contribution is 2.44. The minimum absolute atomic E-state index is 0.0268. The Morgan fingerprint density at radius 3 is 2.75 bits per heavy atom. The van der Waals surface area contributed by atoms with Crippen LogP contribution < -0.4 is 5.32 Å². The molecule has 1 aliphatic rings. The summed E-state index contributed by atoms with van der Waals surface area (Å²) in [6.07, 6.45) is 1.29. The van der Waals surface area contributed by atoms with Gasteiger partial charge in [0, 0.05) is 5.69 Å². The Balaban J connectivity index is 1.72. The van der Waals surface area contributed by atoms with Crippen LogP contribution in [0.5, 0.6) is 0 Å². The van der Waals surface area contributed by atoms with Gasteiger partial charge in [0.2, 0.25) is 0 Å². The number of nitrogens with one attached hydrogen (secondary N) is 1. The van der Waals surface area contributed by atoms with Crippen LogP contribution in [0.15, 0.2) is 41.8 Å². The van der Waals surface area contributed by atoms with Gasteiger partial charge in [0.15, 0.2) is 0 Å². The molecule has 0 spiro atoms. The van der Waals surface area contributed by atoms with Crippen LogP contribution in [0, 0.1) is 0 Å². The van der Waals surface area contributed by atoms with Crippen LogP contribution in [-0.2, 0) is 0 Å². The summed E-state index contributed by atoms with van der Waals surface area (Å²) >= 11 is 5.45. The standard InChI is InChI=1S/C15H15NOS3/c17-14(13-6-2-7-18-13)16-12-5-1-4-11(10-12)15-19-8-3-9-20-15/h1-2,4-7,10,15H,3,8-9H2,(H,16,17). The lowest BCUT2D eigenvalue weighted by Crippen LogP contribution is -2.10. The summed E-state index contributed by atoms with van der Waals surface area (Å²) < 4.78 is 0.502. The second-order valence-corrected chi connectivity index (χ2v) is 8.16. The zero-order chi connectivity index (χ0) is 13.8. The Kier molecular flexibility index (Phi) is 4.70. The van der Waals surface area contributed by atoms with Crippen LogP contribution in [-0.4, -0.2) is 17.4 Å². The molecule has 1 aromatic carbocycles. The van der Waals surface area contributed by atoms with E-state index in [2.05, 4.69) is 17.4 Å². The molecule has 2 nitrogen and oxygen atoms in total. The maximum atomic E-state index is 12.1. The highest BCUT2D eigenvalue weighted by molar-refractivity contribution is 8.16. The molecule has 5 heteroatoms. The lowest BCUT2D eigenvalue weighted by Gasteiger charge is -2.21. The van der Waals surface area contributed by atoms with E-state index in [1.165, 1.54) is 34.8 Å². The normalized spacial score (nSPS) is 16.0. The third kappa shape index (κ3) is 3.40. The number of anilines is 1. The van der Waals surface area contributed by atoms with E-state index >= 15 is 0 Å². The van der Waals surface area contributed by atoms with Gasteiger partial charge in [-0.05, 0) is 47.1 Å². The fourth-order valence-electron chi connectivity index (χ4n) is 2.04. The molecular formula is C15H15NOS3. The van der Waals surface area contributed by atoms with Crippen molar-refractivity contribution >= 4 is 46.5 Å². The van der Waals surface area contributed by atoms with Crippen LogP contribution in [0.2, 0.25) is 0 Å². The van der Waals surface area contributed by atoms with E-state index in [1.54, 1.807) is 0 Å². The van der Waals surface area contributed by atoms with Crippen molar-refractivity contribution in [2.45, 2.75) is 11.0 Å². The molecule has 2 heterocycles.